The molecule has 92 valence electrons. The maximum Gasteiger partial charge on any atom is 0.199 e. The average molecular weight is 263 g/mol. The first-order valence-corrected chi connectivity index (χ1v) is 5.99. The van der Waals surface area contributed by atoms with Crippen molar-refractivity contribution in [3.63, 3.8) is 0 Å². The van der Waals surface area contributed by atoms with Crippen molar-refractivity contribution < 1.29 is 4.74 Å². The molecule has 0 atom stereocenters. The van der Waals surface area contributed by atoms with E-state index in [0.717, 1.165) is 29.0 Å². The molecule has 0 bridgehead atoms. The van der Waals surface area contributed by atoms with Gasteiger partial charge in [-0.05, 0) is 12.1 Å². The van der Waals surface area contributed by atoms with Crippen LogP contribution in [-0.4, -0.2) is 26.7 Å². The fraction of sp³-hybridized carbons (Fsp3) is 0.250. The fourth-order valence-electron chi connectivity index (χ4n) is 2.00. The van der Waals surface area contributed by atoms with Crippen LogP contribution in [-0.2, 0) is 6.42 Å². The van der Waals surface area contributed by atoms with Gasteiger partial charge in [0.2, 0.25) is 0 Å². The lowest BCUT2D eigenvalue weighted by atomic mass is 10.2. The Labute approximate surface area is 108 Å². The van der Waals surface area contributed by atoms with Gasteiger partial charge in [-0.25, -0.2) is 4.98 Å². The second-order valence-electron chi connectivity index (χ2n) is 3.89. The third-order valence-electron chi connectivity index (χ3n) is 2.87. The topological polar surface area (TPSA) is 52.3 Å². The Bertz CT molecular complexity index is 738. The van der Waals surface area contributed by atoms with Gasteiger partial charge in [-0.3, -0.25) is 4.40 Å². The van der Waals surface area contributed by atoms with E-state index in [4.69, 9.17) is 16.3 Å². The molecular weight excluding hydrogens is 252 g/mol. The summed E-state index contributed by atoms with van der Waals surface area (Å²) >= 11 is 6.13. The summed E-state index contributed by atoms with van der Waals surface area (Å²) in [4.78, 5) is 4.32. The molecule has 0 aliphatic heterocycles. The molecule has 0 aliphatic carbocycles. The van der Waals surface area contributed by atoms with Crippen LogP contribution in [0.4, 0.5) is 0 Å². The first kappa shape index (κ1) is 11.2. The van der Waals surface area contributed by atoms with Crippen LogP contribution in [0.15, 0.2) is 18.2 Å². The Morgan fingerprint density at radius 2 is 2.17 bits per heavy atom. The molecule has 2 aromatic heterocycles. The lowest BCUT2D eigenvalue weighted by Crippen LogP contribution is -1.97. The zero-order valence-electron chi connectivity index (χ0n) is 10.0. The Hall–Kier alpha value is -1.88. The molecule has 0 N–H and O–H groups in total. The smallest absolute Gasteiger partial charge is 0.199 e. The molecule has 0 fully saturated rings. The second-order valence-corrected chi connectivity index (χ2v) is 4.24. The Morgan fingerprint density at radius 1 is 1.33 bits per heavy atom. The van der Waals surface area contributed by atoms with E-state index in [1.54, 1.807) is 7.11 Å². The molecule has 1 aromatic carbocycles. The van der Waals surface area contributed by atoms with Crippen molar-refractivity contribution in [3.05, 3.63) is 29.2 Å². The van der Waals surface area contributed by atoms with E-state index in [1.807, 2.05) is 29.5 Å². The number of rotatable bonds is 2. The molecular formula is C12H11ClN4O. The van der Waals surface area contributed by atoms with Gasteiger partial charge in [0.25, 0.3) is 0 Å². The molecule has 0 spiro atoms. The van der Waals surface area contributed by atoms with Gasteiger partial charge < -0.3 is 4.74 Å². The first-order chi connectivity index (χ1) is 8.74. The normalized spacial score (nSPS) is 11.3. The second kappa shape index (κ2) is 4.10. The lowest BCUT2D eigenvalue weighted by molar-refractivity contribution is 0.415. The Morgan fingerprint density at radius 3 is 2.89 bits per heavy atom. The number of hydrogen-bond donors (Lipinski definition) is 0. The van der Waals surface area contributed by atoms with Gasteiger partial charge in [0.05, 0.1) is 18.1 Å². The number of methoxy groups -OCH3 is 1. The summed E-state index contributed by atoms with van der Waals surface area (Å²) < 4.78 is 7.12. The van der Waals surface area contributed by atoms with Crippen LogP contribution >= 0.6 is 11.6 Å². The zero-order valence-corrected chi connectivity index (χ0v) is 10.8. The molecule has 18 heavy (non-hydrogen) atoms. The zero-order chi connectivity index (χ0) is 12.7. The van der Waals surface area contributed by atoms with Gasteiger partial charge in [-0.15, -0.1) is 10.2 Å². The minimum Gasteiger partial charge on any atom is -0.497 e. The molecule has 5 nitrogen and oxygen atoms in total. The highest BCUT2D eigenvalue weighted by atomic mass is 35.5. The molecule has 0 radical (unpaired) electrons. The monoisotopic (exact) mass is 262 g/mol. The van der Waals surface area contributed by atoms with E-state index in [0.29, 0.717) is 10.8 Å². The van der Waals surface area contributed by atoms with Crippen molar-refractivity contribution in [2.45, 2.75) is 13.3 Å². The lowest BCUT2D eigenvalue weighted by Gasteiger charge is -2.06. The summed E-state index contributed by atoms with van der Waals surface area (Å²) in [6, 6.07) is 5.67. The number of halogens is 1. The van der Waals surface area contributed by atoms with E-state index >= 15 is 0 Å². The van der Waals surface area contributed by atoms with Crippen molar-refractivity contribution in [2.75, 3.05) is 7.11 Å². The molecule has 0 unspecified atom stereocenters. The van der Waals surface area contributed by atoms with Crippen molar-refractivity contribution in [1.29, 1.82) is 0 Å². The number of aryl methyl sites for hydroxylation is 1. The first-order valence-electron chi connectivity index (χ1n) is 5.62. The fourth-order valence-corrected chi connectivity index (χ4v) is 2.21. The van der Waals surface area contributed by atoms with Crippen LogP contribution < -0.4 is 4.74 Å². The summed E-state index contributed by atoms with van der Waals surface area (Å²) in [5.74, 6) is 1.61. The van der Waals surface area contributed by atoms with Gasteiger partial charge in [0.15, 0.2) is 10.8 Å². The van der Waals surface area contributed by atoms with Crippen LogP contribution in [0.2, 0.25) is 5.15 Å². The van der Waals surface area contributed by atoms with E-state index < -0.39 is 0 Å². The molecule has 6 heteroatoms. The number of hydrogen-bond acceptors (Lipinski definition) is 4. The maximum atomic E-state index is 6.13. The SMILES string of the molecule is CCc1nnc2c(Cl)nc3cc(OC)ccc3n12. The molecule has 3 aromatic rings. The largest absolute Gasteiger partial charge is 0.497 e. The Balaban J connectivity index is 2.47. The molecule has 0 amide bonds. The third-order valence-corrected chi connectivity index (χ3v) is 3.13. The van der Waals surface area contributed by atoms with Crippen molar-refractivity contribution in [3.8, 4) is 5.75 Å². The van der Waals surface area contributed by atoms with E-state index in [-0.39, 0.29) is 0 Å². The number of ether oxygens (including phenoxy) is 1. The highest BCUT2D eigenvalue weighted by Crippen LogP contribution is 2.24. The van der Waals surface area contributed by atoms with Gasteiger partial charge in [-0.1, -0.05) is 18.5 Å². The van der Waals surface area contributed by atoms with E-state index in [1.165, 1.54) is 0 Å². The van der Waals surface area contributed by atoms with Crippen LogP contribution in [0.1, 0.15) is 12.7 Å². The molecule has 0 saturated heterocycles. The minimum atomic E-state index is 0.350. The standard InChI is InChI=1S/C12H11ClN4O/c1-3-10-15-16-12-11(13)14-8-6-7(18-2)4-5-9(8)17(10)12/h4-6H,3H2,1-2H3. The van der Waals surface area contributed by atoms with Crippen LogP contribution in [0.3, 0.4) is 0 Å². The van der Waals surface area contributed by atoms with E-state index in [2.05, 4.69) is 15.2 Å². The predicted octanol–water partition coefficient (Wildman–Crippen LogP) is 2.50. The molecule has 0 saturated carbocycles. The highest BCUT2D eigenvalue weighted by Gasteiger charge is 2.13. The third kappa shape index (κ3) is 1.51. The molecule has 0 aliphatic rings. The van der Waals surface area contributed by atoms with Gasteiger partial charge in [0.1, 0.15) is 11.6 Å². The summed E-state index contributed by atoms with van der Waals surface area (Å²) in [5.41, 5.74) is 2.28. The highest BCUT2D eigenvalue weighted by molar-refractivity contribution is 6.32. The summed E-state index contributed by atoms with van der Waals surface area (Å²) in [5, 5.41) is 8.54. The summed E-state index contributed by atoms with van der Waals surface area (Å²) in [7, 11) is 1.62. The quantitative estimate of drug-likeness (QED) is 0.712. The number of fused-ring (bicyclic) bond motifs is 3. The van der Waals surface area contributed by atoms with Gasteiger partial charge >= 0.3 is 0 Å². The van der Waals surface area contributed by atoms with Gasteiger partial charge in [-0.2, -0.15) is 0 Å². The van der Waals surface area contributed by atoms with Crippen LogP contribution in [0, 0.1) is 0 Å². The maximum absolute atomic E-state index is 6.13. The number of benzene rings is 1. The average Bonchev–Trinajstić information content (AvgIpc) is 2.82. The van der Waals surface area contributed by atoms with Crippen molar-refractivity contribution in [2.24, 2.45) is 0 Å². The molecule has 3 rings (SSSR count). The van der Waals surface area contributed by atoms with Crippen molar-refractivity contribution >= 4 is 28.3 Å². The molecule has 2 heterocycles. The van der Waals surface area contributed by atoms with E-state index in [9.17, 15) is 0 Å². The summed E-state index contributed by atoms with van der Waals surface area (Å²) in [6.45, 7) is 2.03. The number of nitrogens with zero attached hydrogens (tertiary/aromatic N) is 4. The predicted molar refractivity (Wildman–Crippen MR) is 69.2 cm³/mol. The van der Waals surface area contributed by atoms with Crippen LogP contribution in [0.25, 0.3) is 16.7 Å². The van der Waals surface area contributed by atoms with Crippen LogP contribution in [0.5, 0.6) is 5.75 Å². The Kier molecular flexibility index (Phi) is 2.56. The van der Waals surface area contributed by atoms with Gasteiger partial charge in [0, 0.05) is 12.5 Å². The van der Waals surface area contributed by atoms with Crippen molar-refractivity contribution in [1.82, 2.24) is 19.6 Å². The number of aromatic nitrogens is 4. The summed E-state index contributed by atoms with van der Waals surface area (Å²) in [6.07, 6.45) is 0.780. The minimum absolute atomic E-state index is 0.350.